The molecule has 146 valence electrons. The summed E-state index contributed by atoms with van der Waals surface area (Å²) in [6.45, 7) is 0.863. The molecule has 1 aliphatic rings. The maximum atomic E-state index is 13.6. The van der Waals surface area contributed by atoms with Gasteiger partial charge in [0.05, 0.1) is 5.56 Å². The maximum Gasteiger partial charge on any atom is 0.272 e. The van der Waals surface area contributed by atoms with E-state index in [0.717, 1.165) is 0 Å². The molecule has 0 unspecified atom stereocenters. The lowest BCUT2D eigenvalue weighted by Crippen LogP contribution is -2.48. The molecular formula is C20H19ClFN3O3. The Balaban J connectivity index is 1.48. The van der Waals surface area contributed by atoms with E-state index in [2.05, 4.69) is 10.9 Å². The second kappa shape index (κ2) is 8.84. The first kappa shape index (κ1) is 19.8. The first-order valence-corrected chi connectivity index (χ1v) is 9.23. The van der Waals surface area contributed by atoms with Gasteiger partial charge in [-0.25, -0.2) is 4.39 Å². The van der Waals surface area contributed by atoms with Gasteiger partial charge >= 0.3 is 0 Å². The molecule has 2 aromatic carbocycles. The average Bonchev–Trinajstić information content (AvgIpc) is 2.72. The summed E-state index contributed by atoms with van der Waals surface area (Å²) in [5, 5.41) is 0.560. The van der Waals surface area contributed by atoms with Crippen LogP contribution in [0.2, 0.25) is 5.02 Å². The van der Waals surface area contributed by atoms with Crippen molar-refractivity contribution in [1.82, 2.24) is 15.8 Å². The summed E-state index contributed by atoms with van der Waals surface area (Å²) in [4.78, 5) is 38.4. The van der Waals surface area contributed by atoms with Gasteiger partial charge in [0.25, 0.3) is 11.8 Å². The number of nitrogens with zero attached hydrogens (tertiary/aromatic N) is 1. The number of benzene rings is 2. The molecule has 8 heteroatoms. The van der Waals surface area contributed by atoms with Crippen LogP contribution in [-0.2, 0) is 4.79 Å². The lowest BCUT2D eigenvalue weighted by molar-refractivity contribution is -0.127. The van der Waals surface area contributed by atoms with E-state index in [-0.39, 0.29) is 23.3 Å². The fraction of sp³-hybridized carbons (Fsp3) is 0.250. The summed E-state index contributed by atoms with van der Waals surface area (Å²) in [7, 11) is 0. The minimum absolute atomic E-state index is 0.108. The number of nitrogens with one attached hydrogen (secondary N) is 2. The summed E-state index contributed by atoms with van der Waals surface area (Å²) in [5.41, 5.74) is 4.97. The molecule has 3 amide bonds. The summed E-state index contributed by atoms with van der Waals surface area (Å²) in [5.74, 6) is -2.19. The van der Waals surface area contributed by atoms with Gasteiger partial charge < -0.3 is 4.90 Å². The summed E-state index contributed by atoms with van der Waals surface area (Å²) in [6.07, 6.45) is 0.946. The van der Waals surface area contributed by atoms with E-state index in [1.807, 2.05) is 0 Å². The van der Waals surface area contributed by atoms with Gasteiger partial charge in [-0.1, -0.05) is 23.7 Å². The lowest BCUT2D eigenvalue weighted by atomic mass is 9.95. The fourth-order valence-corrected chi connectivity index (χ4v) is 3.18. The lowest BCUT2D eigenvalue weighted by Gasteiger charge is -2.31. The van der Waals surface area contributed by atoms with Gasteiger partial charge in [-0.3, -0.25) is 25.2 Å². The van der Waals surface area contributed by atoms with Crippen molar-refractivity contribution in [2.24, 2.45) is 5.92 Å². The average molecular weight is 404 g/mol. The fourth-order valence-electron chi connectivity index (χ4n) is 3.05. The van der Waals surface area contributed by atoms with Crippen molar-refractivity contribution < 1.29 is 18.8 Å². The number of rotatable bonds is 3. The molecule has 1 aliphatic heterocycles. The molecule has 1 saturated heterocycles. The van der Waals surface area contributed by atoms with Crippen LogP contribution in [0, 0.1) is 11.7 Å². The molecule has 0 spiro atoms. The van der Waals surface area contributed by atoms with Crippen LogP contribution in [-0.4, -0.2) is 35.7 Å². The highest BCUT2D eigenvalue weighted by Crippen LogP contribution is 2.20. The van der Waals surface area contributed by atoms with Gasteiger partial charge in [0.1, 0.15) is 5.82 Å². The third kappa shape index (κ3) is 4.67. The quantitative estimate of drug-likeness (QED) is 0.773. The number of carbonyl (C=O) groups is 3. The van der Waals surface area contributed by atoms with E-state index in [1.54, 1.807) is 29.2 Å². The minimum Gasteiger partial charge on any atom is -0.339 e. The molecule has 0 radical (unpaired) electrons. The van der Waals surface area contributed by atoms with E-state index in [4.69, 9.17) is 11.6 Å². The second-order valence-corrected chi connectivity index (χ2v) is 6.93. The van der Waals surface area contributed by atoms with Gasteiger partial charge in [0.15, 0.2) is 0 Å². The Morgan fingerprint density at radius 3 is 2.25 bits per heavy atom. The highest BCUT2D eigenvalue weighted by molar-refractivity contribution is 6.30. The Morgan fingerprint density at radius 2 is 1.61 bits per heavy atom. The first-order valence-electron chi connectivity index (χ1n) is 8.85. The topological polar surface area (TPSA) is 78.5 Å². The summed E-state index contributed by atoms with van der Waals surface area (Å²) in [6, 6.07) is 12.2. The van der Waals surface area contributed by atoms with E-state index < -0.39 is 11.7 Å². The zero-order chi connectivity index (χ0) is 20.1. The molecule has 1 heterocycles. The Kier molecular flexibility index (Phi) is 6.26. The Labute approximate surface area is 166 Å². The van der Waals surface area contributed by atoms with Crippen molar-refractivity contribution >= 4 is 29.3 Å². The molecule has 0 atom stereocenters. The molecular weight excluding hydrogens is 385 g/mol. The van der Waals surface area contributed by atoms with E-state index >= 15 is 0 Å². The molecule has 2 aromatic rings. The number of hydrogen-bond donors (Lipinski definition) is 2. The van der Waals surface area contributed by atoms with E-state index in [9.17, 15) is 18.8 Å². The highest BCUT2D eigenvalue weighted by atomic mass is 35.5. The molecule has 1 fully saturated rings. The van der Waals surface area contributed by atoms with Crippen molar-refractivity contribution in [3.8, 4) is 0 Å². The molecule has 0 saturated carbocycles. The van der Waals surface area contributed by atoms with E-state index in [1.165, 1.54) is 24.3 Å². The zero-order valence-corrected chi connectivity index (χ0v) is 15.7. The highest BCUT2D eigenvalue weighted by Gasteiger charge is 2.28. The predicted molar refractivity (Wildman–Crippen MR) is 102 cm³/mol. The van der Waals surface area contributed by atoms with Crippen LogP contribution in [0.4, 0.5) is 4.39 Å². The van der Waals surface area contributed by atoms with Crippen molar-refractivity contribution in [3.05, 3.63) is 70.5 Å². The van der Waals surface area contributed by atoms with Crippen LogP contribution in [0.1, 0.15) is 33.6 Å². The molecule has 6 nitrogen and oxygen atoms in total. The Bertz CT molecular complexity index is 881. The number of halogens is 2. The van der Waals surface area contributed by atoms with Crippen LogP contribution in [0.3, 0.4) is 0 Å². The van der Waals surface area contributed by atoms with E-state index in [0.29, 0.717) is 36.5 Å². The van der Waals surface area contributed by atoms with Crippen LogP contribution in [0.15, 0.2) is 48.5 Å². The number of piperidine rings is 1. The number of hydrazine groups is 1. The largest absolute Gasteiger partial charge is 0.339 e. The molecule has 28 heavy (non-hydrogen) atoms. The van der Waals surface area contributed by atoms with Gasteiger partial charge in [0.2, 0.25) is 5.91 Å². The Hall–Kier alpha value is -2.93. The molecule has 0 bridgehead atoms. The predicted octanol–water partition coefficient (Wildman–Crippen LogP) is 2.79. The summed E-state index contributed by atoms with van der Waals surface area (Å²) < 4.78 is 13.6. The smallest absolute Gasteiger partial charge is 0.272 e. The van der Waals surface area contributed by atoms with Crippen molar-refractivity contribution in [3.63, 3.8) is 0 Å². The van der Waals surface area contributed by atoms with Crippen molar-refractivity contribution in [2.75, 3.05) is 13.1 Å². The first-order chi connectivity index (χ1) is 13.5. The number of amides is 3. The van der Waals surface area contributed by atoms with Crippen molar-refractivity contribution in [2.45, 2.75) is 12.8 Å². The third-order valence-electron chi connectivity index (χ3n) is 4.66. The number of carbonyl (C=O) groups excluding carboxylic acids is 3. The van der Waals surface area contributed by atoms with Gasteiger partial charge in [-0.2, -0.15) is 0 Å². The van der Waals surface area contributed by atoms with Crippen molar-refractivity contribution in [1.29, 1.82) is 0 Å². The third-order valence-corrected chi connectivity index (χ3v) is 4.91. The van der Waals surface area contributed by atoms with Gasteiger partial charge in [-0.15, -0.1) is 0 Å². The molecule has 3 rings (SSSR count). The second-order valence-electron chi connectivity index (χ2n) is 6.50. The minimum atomic E-state index is -0.721. The monoisotopic (exact) mass is 403 g/mol. The molecule has 2 N–H and O–H groups in total. The molecule has 0 aromatic heterocycles. The van der Waals surface area contributed by atoms with Crippen LogP contribution in [0.25, 0.3) is 0 Å². The van der Waals surface area contributed by atoms with Crippen LogP contribution < -0.4 is 10.9 Å². The number of likely N-dealkylation sites (tertiary alicyclic amines) is 1. The standard InChI is InChI=1S/C20H19ClFN3O3/c21-15-7-5-14(6-8-15)20(28)25-11-9-13(10-12-25)18(26)23-24-19(27)16-3-1-2-4-17(16)22/h1-8,13H,9-12H2,(H,23,26)(H,24,27). The Morgan fingerprint density at radius 1 is 0.964 bits per heavy atom. The van der Waals surface area contributed by atoms with Gasteiger partial charge in [0, 0.05) is 29.6 Å². The summed E-state index contributed by atoms with van der Waals surface area (Å²) >= 11 is 5.84. The zero-order valence-electron chi connectivity index (χ0n) is 15.0. The number of hydrogen-bond acceptors (Lipinski definition) is 3. The SMILES string of the molecule is O=C(NNC(=O)C1CCN(C(=O)c2ccc(Cl)cc2)CC1)c1ccccc1F. The van der Waals surface area contributed by atoms with Crippen LogP contribution >= 0.6 is 11.6 Å². The maximum absolute atomic E-state index is 13.6. The molecule has 0 aliphatic carbocycles. The van der Waals surface area contributed by atoms with Gasteiger partial charge in [-0.05, 0) is 49.2 Å². The van der Waals surface area contributed by atoms with Crippen LogP contribution in [0.5, 0.6) is 0 Å². The normalized spacial score (nSPS) is 14.4.